The molecule has 2 heterocycles. The number of hydrogen-bond acceptors (Lipinski definition) is 4. The standard InChI is InChI=1S/C25H25ClFN3O3/c1-25(2,3)33-24(32)30-18-9-14(18)10-19(30)20(31)11-13-5-4-6-16(22(13)27)15-7-8-17-23(21(15)26)29-12-28-17/h4-8,12,14,18-19H,9-11H2,1-3H3,(H,28,29)/t14-,18-,19+/m1/s1. The number of benzene rings is 2. The number of nitrogens with one attached hydrogen (secondary N) is 1. The third-order valence-electron chi connectivity index (χ3n) is 6.34. The van der Waals surface area contributed by atoms with Crippen molar-refractivity contribution in [2.45, 2.75) is 57.7 Å². The number of H-pyrrole nitrogens is 1. The number of Topliss-reactive ketones (excluding diaryl/α,β-unsaturated/α-hetero) is 1. The summed E-state index contributed by atoms with van der Waals surface area (Å²) in [5.74, 6) is -0.352. The topological polar surface area (TPSA) is 75.3 Å². The number of carbonyl (C=O) groups is 2. The van der Waals surface area contributed by atoms with Gasteiger partial charge in [-0.25, -0.2) is 14.2 Å². The van der Waals surface area contributed by atoms with Crippen LogP contribution in [0.5, 0.6) is 0 Å². The van der Waals surface area contributed by atoms with Crippen LogP contribution >= 0.6 is 11.6 Å². The zero-order valence-electron chi connectivity index (χ0n) is 18.7. The molecule has 8 heteroatoms. The Morgan fingerprint density at radius 2 is 2.00 bits per heavy atom. The molecule has 1 aliphatic carbocycles. The molecule has 1 saturated carbocycles. The van der Waals surface area contributed by atoms with E-state index in [1.165, 1.54) is 6.33 Å². The maximum atomic E-state index is 15.5. The van der Waals surface area contributed by atoms with Crippen LogP contribution < -0.4 is 0 Å². The van der Waals surface area contributed by atoms with Gasteiger partial charge in [0.15, 0.2) is 5.78 Å². The van der Waals surface area contributed by atoms with Crippen molar-refractivity contribution in [2.24, 2.45) is 5.92 Å². The van der Waals surface area contributed by atoms with Gasteiger partial charge in [-0.3, -0.25) is 9.69 Å². The van der Waals surface area contributed by atoms with Gasteiger partial charge >= 0.3 is 6.09 Å². The molecule has 3 aromatic rings. The molecule has 3 atom stereocenters. The third-order valence-corrected chi connectivity index (χ3v) is 6.73. The van der Waals surface area contributed by atoms with Gasteiger partial charge in [-0.15, -0.1) is 0 Å². The Labute approximate surface area is 196 Å². The highest BCUT2D eigenvalue weighted by Gasteiger charge is 2.56. The molecule has 2 fully saturated rings. The molecule has 5 rings (SSSR count). The molecule has 2 aromatic carbocycles. The normalized spacial score (nSPS) is 21.8. The van der Waals surface area contributed by atoms with Gasteiger partial charge in [0.1, 0.15) is 16.9 Å². The number of fused-ring (bicyclic) bond motifs is 2. The van der Waals surface area contributed by atoms with Gasteiger partial charge in [-0.05, 0) is 51.2 Å². The Balaban J connectivity index is 1.40. The third kappa shape index (κ3) is 3.99. The number of halogens is 2. The molecular weight excluding hydrogens is 445 g/mol. The summed E-state index contributed by atoms with van der Waals surface area (Å²) in [5.41, 5.74) is 1.78. The molecule has 1 amide bonds. The highest BCUT2D eigenvalue weighted by molar-refractivity contribution is 6.37. The number of amides is 1. The van der Waals surface area contributed by atoms with E-state index in [9.17, 15) is 9.59 Å². The number of nitrogens with zero attached hydrogens (tertiary/aromatic N) is 2. The number of carbonyl (C=O) groups excluding carboxylic acids is 2. The average Bonchev–Trinajstić information content (AvgIpc) is 3.16. The monoisotopic (exact) mass is 469 g/mol. The van der Waals surface area contributed by atoms with Crippen LogP contribution in [-0.2, 0) is 16.0 Å². The second-order valence-corrected chi connectivity index (χ2v) is 10.2. The largest absolute Gasteiger partial charge is 0.444 e. The number of hydrogen-bond donors (Lipinski definition) is 1. The van der Waals surface area contributed by atoms with E-state index >= 15 is 4.39 Å². The lowest BCUT2D eigenvalue weighted by Crippen LogP contribution is -2.46. The Kier molecular flexibility index (Phi) is 5.20. The fraction of sp³-hybridized carbons (Fsp3) is 0.400. The first-order valence-corrected chi connectivity index (χ1v) is 11.4. The van der Waals surface area contributed by atoms with E-state index in [-0.39, 0.29) is 23.8 Å². The van der Waals surface area contributed by atoms with E-state index in [1.54, 1.807) is 56.0 Å². The Bertz CT molecular complexity index is 1270. The van der Waals surface area contributed by atoms with E-state index in [4.69, 9.17) is 16.3 Å². The van der Waals surface area contributed by atoms with Gasteiger partial charge in [0.2, 0.25) is 0 Å². The molecule has 0 unspecified atom stereocenters. The maximum absolute atomic E-state index is 15.5. The lowest BCUT2D eigenvalue weighted by Gasteiger charge is -2.30. The molecule has 172 valence electrons. The summed E-state index contributed by atoms with van der Waals surface area (Å²) < 4.78 is 21.1. The summed E-state index contributed by atoms with van der Waals surface area (Å²) in [6.07, 6.45) is 2.45. The van der Waals surface area contributed by atoms with Crippen LogP contribution in [0.4, 0.5) is 9.18 Å². The number of rotatable bonds is 4. The quantitative estimate of drug-likeness (QED) is 0.545. The number of likely N-dealkylation sites (tertiary alicyclic amines) is 1. The smallest absolute Gasteiger partial charge is 0.411 e. The molecule has 1 aliphatic heterocycles. The van der Waals surface area contributed by atoms with Crippen molar-refractivity contribution in [1.82, 2.24) is 14.9 Å². The van der Waals surface area contributed by atoms with Crippen LogP contribution in [0.2, 0.25) is 5.02 Å². The lowest BCUT2D eigenvalue weighted by atomic mass is 9.96. The van der Waals surface area contributed by atoms with Gasteiger partial charge in [0, 0.05) is 23.6 Å². The van der Waals surface area contributed by atoms with E-state index in [2.05, 4.69) is 9.97 Å². The number of piperidine rings is 1. The Morgan fingerprint density at radius 3 is 2.76 bits per heavy atom. The van der Waals surface area contributed by atoms with Crippen molar-refractivity contribution in [3.8, 4) is 11.1 Å². The summed E-state index contributed by atoms with van der Waals surface area (Å²) in [6.45, 7) is 5.40. The Morgan fingerprint density at radius 1 is 1.21 bits per heavy atom. The van der Waals surface area contributed by atoms with E-state index in [0.29, 0.717) is 34.0 Å². The van der Waals surface area contributed by atoms with Crippen molar-refractivity contribution >= 4 is 34.5 Å². The first kappa shape index (κ1) is 21.9. The van der Waals surface area contributed by atoms with Gasteiger partial charge in [0.25, 0.3) is 0 Å². The zero-order chi connectivity index (χ0) is 23.5. The SMILES string of the molecule is CC(C)(C)OC(=O)N1[C@@H]2C[C@@H]2C[C@H]1C(=O)Cc1cccc(-c2ccc3[nH]cnc3c2Cl)c1F. The van der Waals surface area contributed by atoms with E-state index in [1.807, 2.05) is 0 Å². The first-order chi connectivity index (χ1) is 15.6. The summed E-state index contributed by atoms with van der Waals surface area (Å²) >= 11 is 6.50. The molecule has 6 nitrogen and oxygen atoms in total. The molecule has 1 saturated heterocycles. The fourth-order valence-electron chi connectivity index (χ4n) is 4.73. The molecule has 1 aromatic heterocycles. The lowest BCUT2D eigenvalue weighted by molar-refractivity contribution is -0.123. The molecule has 0 bridgehead atoms. The van der Waals surface area contributed by atoms with Crippen molar-refractivity contribution in [3.63, 3.8) is 0 Å². The van der Waals surface area contributed by atoms with Gasteiger partial charge in [-0.2, -0.15) is 0 Å². The van der Waals surface area contributed by atoms with Crippen LogP contribution in [0.1, 0.15) is 39.2 Å². The van der Waals surface area contributed by atoms with Crippen LogP contribution in [-0.4, -0.2) is 44.4 Å². The molecule has 2 aliphatic rings. The molecule has 1 N–H and O–H groups in total. The number of ether oxygens (including phenoxy) is 1. The number of aromatic amines is 1. The maximum Gasteiger partial charge on any atom is 0.411 e. The van der Waals surface area contributed by atoms with Crippen molar-refractivity contribution in [3.05, 3.63) is 53.1 Å². The first-order valence-electron chi connectivity index (χ1n) is 11.1. The predicted molar refractivity (Wildman–Crippen MR) is 124 cm³/mol. The highest BCUT2D eigenvalue weighted by Crippen LogP contribution is 2.48. The summed E-state index contributed by atoms with van der Waals surface area (Å²) in [7, 11) is 0. The van der Waals surface area contributed by atoms with Gasteiger partial charge in [0.05, 0.1) is 22.9 Å². The predicted octanol–water partition coefficient (Wildman–Crippen LogP) is 5.53. The van der Waals surface area contributed by atoms with Crippen molar-refractivity contribution < 1.29 is 18.7 Å². The molecule has 0 spiro atoms. The van der Waals surface area contributed by atoms with Crippen LogP contribution in [0.25, 0.3) is 22.2 Å². The average molecular weight is 470 g/mol. The van der Waals surface area contributed by atoms with Crippen LogP contribution in [0, 0.1) is 11.7 Å². The van der Waals surface area contributed by atoms with Crippen molar-refractivity contribution in [2.75, 3.05) is 0 Å². The summed E-state index contributed by atoms with van der Waals surface area (Å²) in [6, 6.07) is 7.95. The van der Waals surface area contributed by atoms with Crippen LogP contribution in [0.15, 0.2) is 36.7 Å². The van der Waals surface area contributed by atoms with Crippen LogP contribution in [0.3, 0.4) is 0 Å². The molecule has 33 heavy (non-hydrogen) atoms. The van der Waals surface area contributed by atoms with E-state index in [0.717, 1.165) is 11.9 Å². The molecule has 0 radical (unpaired) electrons. The highest BCUT2D eigenvalue weighted by atomic mass is 35.5. The van der Waals surface area contributed by atoms with Gasteiger partial charge < -0.3 is 9.72 Å². The fourth-order valence-corrected chi connectivity index (χ4v) is 5.05. The minimum atomic E-state index is -0.646. The van der Waals surface area contributed by atoms with Crippen molar-refractivity contribution in [1.29, 1.82) is 0 Å². The Hall–Kier alpha value is -2.93. The second-order valence-electron chi connectivity index (χ2n) is 9.85. The minimum absolute atomic E-state index is 0.0457. The molecular formula is C25H25ClFN3O3. The van der Waals surface area contributed by atoms with E-state index < -0.39 is 23.6 Å². The number of imidazole rings is 1. The summed E-state index contributed by atoms with van der Waals surface area (Å²) in [4.78, 5) is 34.7. The summed E-state index contributed by atoms with van der Waals surface area (Å²) in [5, 5.41) is 0.350. The number of ketones is 1. The minimum Gasteiger partial charge on any atom is -0.444 e. The van der Waals surface area contributed by atoms with Gasteiger partial charge in [-0.1, -0.05) is 35.9 Å². The number of aromatic nitrogens is 2. The zero-order valence-corrected chi connectivity index (χ0v) is 19.4. The second kappa shape index (κ2) is 7.83.